The molecule has 0 bridgehead atoms. The van der Waals surface area contributed by atoms with Crippen molar-refractivity contribution in [2.24, 2.45) is 7.05 Å². The Morgan fingerprint density at radius 1 is 1.33 bits per heavy atom. The highest BCUT2D eigenvalue weighted by Crippen LogP contribution is 2.13. The summed E-state index contributed by atoms with van der Waals surface area (Å²) in [4.78, 5) is 8.45. The van der Waals surface area contributed by atoms with E-state index in [1.54, 1.807) is 6.33 Å². The summed E-state index contributed by atoms with van der Waals surface area (Å²) in [7, 11) is 1.93. The molecule has 5 heteroatoms. The van der Waals surface area contributed by atoms with Gasteiger partial charge in [0.15, 0.2) is 0 Å². The first-order valence-corrected chi connectivity index (χ1v) is 6.19. The first-order chi connectivity index (χ1) is 8.65. The van der Waals surface area contributed by atoms with E-state index in [-0.39, 0.29) is 0 Å². The Morgan fingerprint density at radius 2 is 2.17 bits per heavy atom. The van der Waals surface area contributed by atoms with Crippen molar-refractivity contribution in [1.82, 2.24) is 19.7 Å². The van der Waals surface area contributed by atoms with Crippen LogP contribution in [0.15, 0.2) is 24.7 Å². The predicted molar refractivity (Wildman–Crippen MR) is 71.5 cm³/mol. The van der Waals surface area contributed by atoms with Crippen LogP contribution in [-0.4, -0.2) is 26.3 Å². The maximum Gasteiger partial charge on any atom is 0.129 e. The summed E-state index contributed by atoms with van der Waals surface area (Å²) in [5, 5.41) is 7.63. The molecule has 18 heavy (non-hydrogen) atoms. The molecule has 0 unspecified atom stereocenters. The lowest BCUT2D eigenvalue weighted by Crippen LogP contribution is -2.08. The van der Waals surface area contributed by atoms with Crippen LogP contribution in [0.4, 0.5) is 5.82 Å². The SMILES string of the molecule is CC(C)c1cc(NCCc2ccn(C)n2)ncn1. The fraction of sp³-hybridized carbons (Fsp3) is 0.462. The highest BCUT2D eigenvalue weighted by atomic mass is 15.2. The number of hydrogen-bond donors (Lipinski definition) is 1. The standard InChI is InChI=1S/C13H19N5/c1-10(2)12-8-13(16-9-15-12)14-6-4-11-5-7-18(3)17-11/h5,7-10H,4,6H2,1-3H3,(H,14,15,16). The van der Waals surface area contributed by atoms with Crippen LogP contribution in [0.1, 0.15) is 31.2 Å². The van der Waals surface area contributed by atoms with Crippen LogP contribution in [0.2, 0.25) is 0 Å². The number of nitrogens with one attached hydrogen (secondary N) is 1. The van der Waals surface area contributed by atoms with Crippen LogP contribution in [0.5, 0.6) is 0 Å². The molecule has 0 aliphatic heterocycles. The lowest BCUT2D eigenvalue weighted by atomic mass is 10.1. The van der Waals surface area contributed by atoms with Gasteiger partial charge in [0.2, 0.25) is 0 Å². The van der Waals surface area contributed by atoms with Gasteiger partial charge in [0.1, 0.15) is 12.1 Å². The van der Waals surface area contributed by atoms with E-state index in [0.29, 0.717) is 5.92 Å². The van der Waals surface area contributed by atoms with Crippen molar-refractivity contribution in [3.8, 4) is 0 Å². The molecule has 0 aliphatic rings. The van der Waals surface area contributed by atoms with Crippen molar-refractivity contribution >= 4 is 5.82 Å². The van der Waals surface area contributed by atoms with Gasteiger partial charge in [-0.1, -0.05) is 13.8 Å². The molecular formula is C13H19N5. The van der Waals surface area contributed by atoms with Gasteiger partial charge in [-0.15, -0.1) is 0 Å². The average molecular weight is 245 g/mol. The molecule has 5 nitrogen and oxygen atoms in total. The Kier molecular flexibility index (Phi) is 3.92. The highest BCUT2D eigenvalue weighted by Gasteiger charge is 2.03. The average Bonchev–Trinajstić information content (AvgIpc) is 2.75. The smallest absolute Gasteiger partial charge is 0.129 e. The quantitative estimate of drug-likeness (QED) is 0.875. The molecule has 2 aromatic heterocycles. The lowest BCUT2D eigenvalue weighted by molar-refractivity contribution is 0.741. The minimum atomic E-state index is 0.421. The largest absolute Gasteiger partial charge is 0.370 e. The minimum Gasteiger partial charge on any atom is -0.370 e. The van der Waals surface area contributed by atoms with Crippen molar-refractivity contribution in [1.29, 1.82) is 0 Å². The summed E-state index contributed by atoms with van der Waals surface area (Å²) in [6, 6.07) is 4.03. The molecule has 0 aliphatic carbocycles. The zero-order valence-corrected chi connectivity index (χ0v) is 11.1. The molecule has 96 valence electrons. The van der Waals surface area contributed by atoms with Crippen LogP contribution in [-0.2, 0) is 13.5 Å². The number of aromatic nitrogens is 4. The van der Waals surface area contributed by atoms with Crippen LogP contribution in [0, 0.1) is 0 Å². The van der Waals surface area contributed by atoms with Gasteiger partial charge in [-0.05, 0) is 12.0 Å². The Labute approximate surface area is 107 Å². The number of anilines is 1. The van der Waals surface area contributed by atoms with E-state index in [2.05, 4.69) is 34.2 Å². The fourth-order valence-corrected chi connectivity index (χ4v) is 1.70. The van der Waals surface area contributed by atoms with Gasteiger partial charge in [-0.3, -0.25) is 4.68 Å². The second-order valence-corrected chi connectivity index (χ2v) is 4.64. The predicted octanol–water partition coefficient (Wildman–Crippen LogP) is 1.99. The third-order valence-corrected chi connectivity index (χ3v) is 2.74. The van der Waals surface area contributed by atoms with Crippen LogP contribution < -0.4 is 5.32 Å². The Bertz CT molecular complexity index is 504. The minimum absolute atomic E-state index is 0.421. The van der Waals surface area contributed by atoms with Gasteiger partial charge < -0.3 is 5.32 Å². The third-order valence-electron chi connectivity index (χ3n) is 2.74. The number of aryl methyl sites for hydroxylation is 1. The van der Waals surface area contributed by atoms with Gasteiger partial charge in [0.25, 0.3) is 0 Å². The molecule has 0 aromatic carbocycles. The molecule has 0 spiro atoms. The molecular weight excluding hydrogens is 226 g/mol. The van der Waals surface area contributed by atoms with E-state index < -0.39 is 0 Å². The Balaban J connectivity index is 1.88. The van der Waals surface area contributed by atoms with E-state index in [1.165, 1.54) is 0 Å². The van der Waals surface area contributed by atoms with Gasteiger partial charge in [0, 0.05) is 38.0 Å². The van der Waals surface area contributed by atoms with E-state index in [1.807, 2.05) is 30.1 Å². The molecule has 0 saturated heterocycles. The van der Waals surface area contributed by atoms with E-state index in [9.17, 15) is 0 Å². The van der Waals surface area contributed by atoms with E-state index in [4.69, 9.17) is 0 Å². The molecule has 0 saturated carbocycles. The van der Waals surface area contributed by atoms with Gasteiger partial charge in [-0.25, -0.2) is 9.97 Å². The van der Waals surface area contributed by atoms with Gasteiger partial charge >= 0.3 is 0 Å². The molecule has 0 fully saturated rings. The van der Waals surface area contributed by atoms with Gasteiger partial charge in [0.05, 0.1) is 5.69 Å². The highest BCUT2D eigenvalue weighted by molar-refractivity contribution is 5.35. The van der Waals surface area contributed by atoms with Crippen molar-refractivity contribution in [3.63, 3.8) is 0 Å². The second kappa shape index (κ2) is 5.62. The van der Waals surface area contributed by atoms with E-state index in [0.717, 1.165) is 30.2 Å². The zero-order chi connectivity index (χ0) is 13.0. The second-order valence-electron chi connectivity index (χ2n) is 4.64. The topological polar surface area (TPSA) is 55.6 Å². The summed E-state index contributed by atoms with van der Waals surface area (Å²) < 4.78 is 1.82. The van der Waals surface area contributed by atoms with Gasteiger partial charge in [-0.2, -0.15) is 5.10 Å². The molecule has 0 atom stereocenters. The Hall–Kier alpha value is -1.91. The van der Waals surface area contributed by atoms with Crippen molar-refractivity contribution < 1.29 is 0 Å². The summed E-state index contributed by atoms with van der Waals surface area (Å²) in [6.45, 7) is 5.07. The molecule has 0 radical (unpaired) electrons. The third kappa shape index (κ3) is 3.29. The summed E-state index contributed by atoms with van der Waals surface area (Å²) >= 11 is 0. The van der Waals surface area contributed by atoms with Crippen molar-refractivity contribution in [3.05, 3.63) is 36.0 Å². The first-order valence-electron chi connectivity index (χ1n) is 6.19. The normalized spacial score (nSPS) is 10.9. The summed E-state index contributed by atoms with van der Waals surface area (Å²) in [5.41, 5.74) is 2.15. The summed E-state index contributed by atoms with van der Waals surface area (Å²) in [5.74, 6) is 1.30. The van der Waals surface area contributed by atoms with Crippen LogP contribution in [0.25, 0.3) is 0 Å². The van der Waals surface area contributed by atoms with Crippen LogP contribution in [0.3, 0.4) is 0 Å². The monoisotopic (exact) mass is 245 g/mol. The molecule has 2 heterocycles. The first kappa shape index (κ1) is 12.5. The fourth-order valence-electron chi connectivity index (χ4n) is 1.70. The maximum atomic E-state index is 4.33. The number of rotatable bonds is 5. The molecule has 2 rings (SSSR count). The summed E-state index contributed by atoms with van der Waals surface area (Å²) in [6.07, 6.45) is 4.46. The van der Waals surface area contributed by atoms with Crippen molar-refractivity contribution in [2.75, 3.05) is 11.9 Å². The van der Waals surface area contributed by atoms with Crippen LogP contribution >= 0.6 is 0 Å². The number of hydrogen-bond acceptors (Lipinski definition) is 4. The molecule has 2 aromatic rings. The molecule has 1 N–H and O–H groups in total. The molecule has 0 amide bonds. The Morgan fingerprint density at radius 3 is 2.83 bits per heavy atom. The lowest BCUT2D eigenvalue weighted by Gasteiger charge is -2.07. The number of nitrogens with zero attached hydrogens (tertiary/aromatic N) is 4. The zero-order valence-electron chi connectivity index (χ0n) is 11.1. The van der Waals surface area contributed by atoms with E-state index >= 15 is 0 Å². The maximum absolute atomic E-state index is 4.33. The van der Waals surface area contributed by atoms with Crippen molar-refractivity contribution in [2.45, 2.75) is 26.2 Å².